The Labute approximate surface area is 165 Å². The average Bonchev–Trinajstić information content (AvgIpc) is 3.27. The van der Waals surface area contributed by atoms with Crippen molar-refractivity contribution in [1.82, 2.24) is 24.6 Å². The number of hydrogen-bond donors (Lipinski definition) is 1. The van der Waals surface area contributed by atoms with E-state index in [1.165, 1.54) is 16.7 Å². The molecular formula is C21H28N6O. The number of unbranched alkanes of at least 4 members (excludes halogenated alkanes) is 1. The Morgan fingerprint density at radius 1 is 1.18 bits per heavy atom. The summed E-state index contributed by atoms with van der Waals surface area (Å²) < 4.78 is 7.53. The first-order chi connectivity index (χ1) is 13.5. The number of ether oxygens (including phenoxy) is 1. The lowest BCUT2D eigenvalue weighted by Crippen LogP contribution is -2.24. The topological polar surface area (TPSA) is 82.1 Å². The molecule has 0 atom stereocenters. The van der Waals surface area contributed by atoms with Crippen LogP contribution in [0.1, 0.15) is 50.3 Å². The van der Waals surface area contributed by atoms with Gasteiger partial charge in [0.2, 0.25) is 0 Å². The van der Waals surface area contributed by atoms with E-state index in [4.69, 9.17) is 10.5 Å². The molecule has 0 saturated carbocycles. The molecule has 1 aliphatic heterocycles. The lowest BCUT2D eigenvalue weighted by atomic mass is 10.1. The lowest BCUT2D eigenvalue weighted by molar-refractivity contribution is 0.227. The highest BCUT2D eigenvalue weighted by molar-refractivity contribution is 5.85. The molecule has 7 nitrogen and oxygen atoms in total. The Morgan fingerprint density at radius 3 is 2.79 bits per heavy atom. The fourth-order valence-electron chi connectivity index (χ4n) is 3.56. The molecule has 0 unspecified atom stereocenters. The first-order valence-electron chi connectivity index (χ1n) is 10.0. The number of anilines is 1. The van der Waals surface area contributed by atoms with E-state index in [0.29, 0.717) is 36.7 Å². The van der Waals surface area contributed by atoms with Gasteiger partial charge in [-0.25, -0.2) is 4.68 Å². The third kappa shape index (κ3) is 3.67. The summed E-state index contributed by atoms with van der Waals surface area (Å²) in [7, 11) is 0. The van der Waals surface area contributed by atoms with Crippen LogP contribution in [-0.4, -0.2) is 37.3 Å². The molecule has 0 aliphatic carbocycles. The van der Waals surface area contributed by atoms with Crippen LogP contribution in [0.4, 0.5) is 5.82 Å². The first-order valence-corrected chi connectivity index (χ1v) is 10.0. The van der Waals surface area contributed by atoms with Gasteiger partial charge in [0.25, 0.3) is 0 Å². The predicted octanol–water partition coefficient (Wildman–Crippen LogP) is 3.36. The highest BCUT2D eigenvalue weighted by Crippen LogP contribution is 2.26. The standard InChI is InChI=1S/C21H28N6O/c1-4-5-8-28-21-24-19(22)18-10-23-27(20(18)25-21)11-15-6-7-16-12-26(14(2)3)13-17(16)9-15/h6-7,9-10,14H,4-5,8,11-13H2,1-3H3,(H2,22,24,25). The van der Waals surface area contributed by atoms with E-state index >= 15 is 0 Å². The minimum Gasteiger partial charge on any atom is -0.463 e. The average molecular weight is 380 g/mol. The van der Waals surface area contributed by atoms with Gasteiger partial charge >= 0.3 is 6.01 Å². The van der Waals surface area contributed by atoms with Crippen LogP contribution in [0.2, 0.25) is 0 Å². The van der Waals surface area contributed by atoms with Crippen molar-refractivity contribution in [3.8, 4) is 6.01 Å². The molecule has 3 heterocycles. The number of nitrogens with two attached hydrogens (primary N) is 1. The number of benzene rings is 1. The van der Waals surface area contributed by atoms with Crippen LogP contribution < -0.4 is 10.5 Å². The molecule has 0 bridgehead atoms. The number of fused-ring (bicyclic) bond motifs is 2. The van der Waals surface area contributed by atoms with Gasteiger partial charge in [-0.1, -0.05) is 31.5 Å². The Morgan fingerprint density at radius 2 is 2.00 bits per heavy atom. The van der Waals surface area contributed by atoms with Crippen molar-refractivity contribution in [2.24, 2.45) is 0 Å². The number of rotatable bonds is 7. The maximum atomic E-state index is 6.10. The second-order valence-corrected chi connectivity index (χ2v) is 7.73. The minimum absolute atomic E-state index is 0.321. The quantitative estimate of drug-likeness (QED) is 0.633. The Kier molecular flexibility index (Phi) is 5.17. The van der Waals surface area contributed by atoms with E-state index in [2.05, 4.69) is 58.9 Å². The van der Waals surface area contributed by atoms with Crippen LogP contribution in [0.25, 0.3) is 11.0 Å². The molecule has 148 valence electrons. The van der Waals surface area contributed by atoms with E-state index in [0.717, 1.165) is 31.3 Å². The zero-order valence-corrected chi connectivity index (χ0v) is 16.9. The molecule has 1 aliphatic rings. The van der Waals surface area contributed by atoms with Crippen LogP contribution in [0.5, 0.6) is 6.01 Å². The molecule has 3 aromatic rings. The lowest BCUT2D eigenvalue weighted by Gasteiger charge is -2.18. The Bertz CT molecular complexity index is 980. The summed E-state index contributed by atoms with van der Waals surface area (Å²) in [6.07, 6.45) is 3.75. The number of hydrogen-bond acceptors (Lipinski definition) is 6. The zero-order valence-electron chi connectivity index (χ0n) is 16.9. The molecule has 2 N–H and O–H groups in total. The predicted molar refractivity (Wildman–Crippen MR) is 110 cm³/mol. The van der Waals surface area contributed by atoms with Gasteiger partial charge < -0.3 is 10.5 Å². The van der Waals surface area contributed by atoms with Gasteiger partial charge in [-0.05, 0) is 37.0 Å². The summed E-state index contributed by atoms with van der Waals surface area (Å²) in [5.41, 5.74) is 10.8. The minimum atomic E-state index is 0.321. The summed E-state index contributed by atoms with van der Waals surface area (Å²) in [5.74, 6) is 0.407. The molecule has 2 aromatic heterocycles. The van der Waals surface area contributed by atoms with Crippen LogP contribution in [0.3, 0.4) is 0 Å². The van der Waals surface area contributed by atoms with Crippen molar-refractivity contribution < 1.29 is 4.74 Å². The van der Waals surface area contributed by atoms with Gasteiger partial charge in [0, 0.05) is 19.1 Å². The third-order valence-corrected chi connectivity index (χ3v) is 5.31. The van der Waals surface area contributed by atoms with E-state index in [-0.39, 0.29) is 0 Å². The maximum Gasteiger partial charge on any atom is 0.320 e. The van der Waals surface area contributed by atoms with Crippen LogP contribution in [-0.2, 0) is 19.6 Å². The maximum absolute atomic E-state index is 6.10. The smallest absolute Gasteiger partial charge is 0.320 e. The van der Waals surface area contributed by atoms with Gasteiger partial charge in [0.05, 0.1) is 24.7 Å². The zero-order chi connectivity index (χ0) is 19.7. The van der Waals surface area contributed by atoms with Gasteiger partial charge in [-0.15, -0.1) is 0 Å². The molecule has 0 radical (unpaired) electrons. The summed E-state index contributed by atoms with van der Waals surface area (Å²) >= 11 is 0. The molecule has 1 aromatic carbocycles. The van der Waals surface area contributed by atoms with Crippen molar-refractivity contribution in [2.75, 3.05) is 12.3 Å². The number of nitrogen functional groups attached to an aromatic ring is 1. The molecular weight excluding hydrogens is 352 g/mol. The van der Waals surface area contributed by atoms with Gasteiger partial charge in [-0.3, -0.25) is 4.90 Å². The van der Waals surface area contributed by atoms with E-state index < -0.39 is 0 Å². The van der Waals surface area contributed by atoms with Crippen LogP contribution in [0.15, 0.2) is 24.4 Å². The van der Waals surface area contributed by atoms with Crippen molar-refractivity contribution in [2.45, 2.75) is 59.3 Å². The van der Waals surface area contributed by atoms with Crippen molar-refractivity contribution >= 4 is 16.9 Å². The van der Waals surface area contributed by atoms with Gasteiger partial charge in [0.1, 0.15) is 5.82 Å². The number of aromatic nitrogens is 4. The Balaban J connectivity index is 1.58. The third-order valence-electron chi connectivity index (χ3n) is 5.31. The second-order valence-electron chi connectivity index (χ2n) is 7.73. The molecule has 4 rings (SSSR count). The van der Waals surface area contributed by atoms with Gasteiger partial charge in [0.15, 0.2) is 5.65 Å². The molecule has 0 spiro atoms. The van der Waals surface area contributed by atoms with E-state index in [1.807, 2.05) is 4.68 Å². The van der Waals surface area contributed by atoms with Crippen molar-refractivity contribution in [1.29, 1.82) is 0 Å². The molecule has 0 amide bonds. The summed E-state index contributed by atoms with van der Waals surface area (Å²) in [6.45, 7) is 9.87. The first kappa shape index (κ1) is 18.7. The summed E-state index contributed by atoms with van der Waals surface area (Å²) in [6, 6.07) is 7.58. The van der Waals surface area contributed by atoms with Crippen LogP contribution >= 0.6 is 0 Å². The second kappa shape index (κ2) is 7.75. The van der Waals surface area contributed by atoms with Crippen LogP contribution in [0, 0.1) is 0 Å². The van der Waals surface area contributed by atoms with Gasteiger partial charge in [-0.2, -0.15) is 15.1 Å². The summed E-state index contributed by atoms with van der Waals surface area (Å²) in [4.78, 5) is 11.3. The normalized spacial score (nSPS) is 14.1. The van der Waals surface area contributed by atoms with E-state index in [9.17, 15) is 0 Å². The molecule has 0 saturated heterocycles. The highest BCUT2D eigenvalue weighted by Gasteiger charge is 2.21. The Hall–Kier alpha value is -2.67. The van der Waals surface area contributed by atoms with Crippen molar-refractivity contribution in [3.05, 3.63) is 41.1 Å². The highest BCUT2D eigenvalue weighted by atomic mass is 16.5. The summed E-state index contributed by atoms with van der Waals surface area (Å²) in [5, 5.41) is 5.25. The fraction of sp³-hybridized carbons (Fsp3) is 0.476. The molecule has 28 heavy (non-hydrogen) atoms. The molecule has 0 fully saturated rings. The van der Waals surface area contributed by atoms with E-state index in [1.54, 1.807) is 6.20 Å². The molecule has 7 heteroatoms. The van der Waals surface area contributed by atoms with Crippen molar-refractivity contribution in [3.63, 3.8) is 0 Å². The largest absolute Gasteiger partial charge is 0.463 e. The fourth-order valence-corrected chi connectivity index (χ4v) is 3.56. The SMILES string of the molecule is CCCCOc1nc(N)c2cnn(Cc3ccc4c(c3)CN(C(C)C)C4)c2n1. The number of nitrogens with zero attached hydrogens (tertiary/aromatic N) is 5. The monoisotopic (exact) mass is 380 g/mol.